The number of nitrogens with zero attached hydrogens (tertiary/aromatic N) is 6. The third-order valence-corrected chi connectivity index (χ3v) is 4.79. The fourth-order valence-electron chi connectivity index (χ4n) is 3.50. The second-order valence-corrected chi connectivity index (χ2v) is 6.80. The van der Waals surface area contributed by atoms with Crippen LogP contribution in [-0.2, 0) is 13.6 Å². The van der Waals surface area contributed by atoms with Crippen LogP contribution >= 0.6 is 0 Å². The molecule has 1 saturated heterocycles. The molecular weight excluding hydrogens is 346 g/mol. The minimum atomic E-state index is -0.202. The molecule has 1 fully saturated rings. The average Bonchev–Trinajstić information content (AvgIpc) is 3.37. The van der Waals surface area contributed by atoms with Crippen LogP contribution in [0.4, 0.5) is 5.82 Å². The maximum absolute atomic E-state index is 12.5. The highest BCUT2D eigenvalue weighted by Gasteiger charge is 2.30. The van der Waals surface area contributed by atoms with Crippen LogP contribution < -0.4 is 5.32 Å². The maximum Gasteiger partial charge on any atom is 0.256 e. The molecule has 1 amide bonds. The third-order valence-electron chi connectivity index (χ3n) is 4.79. The Morgan fingerprint density at radius 2 is 2.26 bits per heavy atom. The molecule has 0 spiro atoms. The van der Waals surface area contributed by atoms with E-state index in [1.807, 2.05) is 25.1 Å². The van der Waals surface area contributed by atoms with Crippen molar-refractivity contribution in [2.45, 2.75) is 32.4 Å². The predicted molar refractivity (Wildman–Crippen MR) is 96.8 cm³/mol. The van der Waals surface area contributed by atoms with Gasteiger partial charge in [0.15, 0.2) is 5.82 Å². The smallest absolute Gasteiger partial charge is 0.256 e. The maximum atomic E-state index is 12.5. The number of aryl methyl sites for hydroxylation is 2. The van der Waals surface area contributed by atoms with Crippen LogP contribution in [0.25, 0.3) is 0 Å². The summed E-state index contributed by atoms with van der Waals surface area (Å²) in [4.78, 5) is 14.8. The first kappa shape index (κ1) is 17.3. The standard InChI is InChI=1S/C18H21N7O2/c1-12-17(22-27-21-12)15-7-4-8-25(15)10-13-5-3-6-14(9-13)18(26)19-16-11-24(2)23-20-16/h3,5-6,9,11,15H,4,7-8,10H2,1-2H3,(H,19,26)/t15-/m1/s1. The number of carbonyl (C=O) groups excluding carboxylic acids is 1. The van der Waals surface area contributed by atoms with Gasteiger partial charge in [-0.05, 0) is 44.0 Å². The molecule has 1 N–H and O–H groups in total. The molecule has 0 radical (unpaired) electrons. The zero-order chi connectivity index (χ0) is 18.8. The molecule has 9 heteroatoms. The Morgan fingerprint density at radius 1 is 1.37 bits per heavy atom. The summed E-state index contributed by atoms with van der Waals surface area (Å²) in [6, 6.07) is 7.84. The van der Waals surface area contributed by atoms with Crippen LogP contribution in [0.5, 0.6) is 0 Å². The monoisotopic (exact) mass is 367 g/mol. The van der Waals surface area contributed by atoms with E-state index >= 15 is 0 Å². The van der Waals surface area contributed by atoms with Crippen LogP contribution in [0.15, 0.2) is 35.1 Å². The summed E-state index contributed by atoms with van der Waals surface area (Å²) in [6.45, 7) is 3.63. The fraction of sp³-hybridized carbons (Fsp3) is 0.389. The lowest BCUT2D eigenvalue weighted by atomic mass is 10.1. The van der Waals surface area contributed by atoms with E-state index in [1.165, 1.54) is 0 Å². The van der Waals surface area contributed by atoms with Crippen molar-refractivity contribution in [3.8, 4) is 0 Å². The Bertz CT molecular complexity index is 949. The summed E-state index contributed by atoms with van der Waals surface area (Å²) >= 11 is 0. The molecule has 4 rings (SSSR count). The molecule has 1 atom stereocenters. The number of rotatable bonds is 5. The first-order valence-electron chi connectivity index (χ1n) is 8.90. The molecule has 0 saturated carbocycles. The van der Waals surface area contributed by atoms with E-state index in [9.17, 15) is 4.79 Å². The number of aromatic nitrogens is 5. The molecule has 0 aliphatic carbocycles. The fourth-order valence-corrected chi connectivity index (χ4v) is 3.50. The van der Waals surface area contributed by atoms with Gasteiger partial charge in [0.25, 0.3) is 5.91 Å². The minimum Gasteiger partial charge on any atom is -0.304 e. The van der Waals surface area contributed by atoms with Crippen LogP contribution in [0.3, 0.4) is 0 Å². The highest BCUT2D eigenvalue weighted by molar-refractivity contribution is 6.03. The number of benzene rings is 1. The van der Waals surface area contributed by atoms with Crippen molar-refractivity contribution in [3.63, 3.8) is 0 Å². The van der Waals surface area contributed by atoms with Crippen molar-refractivity contribution < 1.29 is 9.42 Å². The molecule has 1 aromatic carbocycles. The lowest BCUT2D eigenvalue weighted by molar-refractivity contribution is 0.102. The number of nitrogens with one attached hydrogen (secondary N) is 1. The Balaban J connectivity index is 1.47. The van der Waals surface area contributed by atoms with Crippen molar-refractivity contribution >= 4 is 11.7 Å². The Hall–Kier alpha value is -3.07. The molecule has 2 aromatic heterocycles. The summed E-state index contributed by atoms with van der Waals surface area (Å²) in [5.74, 6) is 0.230. The van der Waals surface area contributed by atoms with E-state index in [0.717, 1.165) is 42.9 Å². The number of hydrogen-bond donors (Lipinski definition) is 1. The van der Waals surface area contributed by atoms with Crippen LogP contribution in [0, 0.1) is 6.92 Å². The van der Waals surface area contributed by atoms with Gasteiger partial charge in [-0.25, -0.2) is 4.63 Å². The van der Waals surface area contributed by atoms with E-state index in [0.29, 0.717) is 11.4 Å². The highest BCUT2D eigenvalue weighted by Crippen LogP contribution is 2.33. The van der Waals surface area contributed by atoms with Crippen LogP contribution in [0.1, 0.15) is 46.2 Å². The number of hydrogen-bond acceptors (Lipinski definition) is 7. The van der Waals surface area contributed by atoms with E-state index in [1.54, 1.807) is 24.0 Å². The summed E-state index contributed by atoms with van der Waals surface area (Å²) in [7, 11) is 1.75. The van der Waals surface area contributed by atoms with E-state index in [2.05, 4.69) is 30.8 Å². The van der Waals surface area contributed by atoms with E-state index in [-0.39, 0.29) is 11.9 Å². The molecule has 27 heavy (non-hydrogen) atoms. The van der Waals surface area contributed by atoms with Gasteiger partial charge in [0.1, 0.15) is 11.4 Å². The molecule has 3 heterocycles. The summed E-state index contributed by atoms with van der Waals surface area (Å²) in [6.07, 6.45) is 3.79. The first-order chi connectivity index (χ1) is 13.1. The summed E-state index contributed by atoms with van der Waals surface area (Å²) in [5, 5.41) is 18.4. The number of amides is 1. The molecule has 0 bridgehead atoms. The van der Waals surface area contributed by atoms with Gasteiger partial charge >= 0.3 is 0 Å². The molecule has 1 aliphatic heterocycles. The zero-order valence-corrected chi connectivity index (χ0v) is 15.3. The molecule has 0 unspecified atom stereocenters. The van der Waals surface area contributed by atoms with Gasteiger partial charge in [-0.3, -0.25) is 14.4 Å². The zero-order valence-electron chi connectivity index (χ0n) is 15.3. The molecular formula is C18H21N7O2. The van der Waals surface area contributed by atoms with E-state index < -0.39 is 0 Å². The largest absolute Gasteiger partial charge is 0.304 e. The van der Waals surface area contributed by atoms with Crippen LogP contribution in [-0.4, -0.2) is 42.7 Å². The number of carbonyl (C=O) groups is 1. The van der Waals surface area contributed by atoms with Crippen molar-refractivity contribution in [1.82, 2.24) is 30.2 Å². The number of likely N-dealkylation sites (tertiary alicyclic amines) is 1. The Morgan fingerprint density at radius 3 is 3.00 bits per heavy atom. The van der Waals surface area contributed by atoms with Gasteiger partial charge < -0.3 is 5.32 Å². The summed E-state index contributed by atoms with van der Waals surface area (Å²) < 4.78 is 6.41. The van der Waals surface area contributed by atoms with Gasteiger partial charge in [-0.2, -0.15) is 0 Å². The van der Waals surface area contributed by atoms with Gasteiger partial charge in [0.2, 0.25) is 0 Å². The van der Waals surface area contributed by atoms with Crippen molar-refractivity contribution in [2.75, 3.05) is 11.9 Å². The van der Waals surface area contributed by atoms with Crippen molar-refractivity contribution in [2.24, 2.45) is 7.05 Å². The van der Waals surface area contributed by atoms with Gasteiger partial charge in [0.05, 0.1) is 12.2 Å². The minimum absolute atomic E-state index is 0.202. The lowest BCUT2D eigenvalue weighted by Crippen LogP contribution is -2.23. The predicted octanol–water partition coefficient (Wildman–Crippen LogP) is 2.10. The Labute approximate surface area is 156 Å². The molecule has 140 valence electrons. The molecule has 9 nitrogen and oxygen atoms in total. The summed E-state index contributed by atoms with van der Waals surface area (Å²) in [5.41, 5.74) is 3.41. The first-order valence-corrected chi connectivity index (χ1v) is 8.90. The number of anilines is 1. The normalized spacial score (nSPS) is 17.3. The topological polar surface area (TPSA) is 102 Å². The van der Waals surface area contributed by atoms with E-state index in [4.69, 9.17) is 4.63 Å². The van der Waals surface area contributed by atoms with Crippen molar-refractivity contribution in [1.29, 1.82) is 0 Å². The van der Waals surface area contributed by atoms with Crippen LogP contribution in [0.2, 0.25) is 0 Å². The highest BCUT2D eigenvalue weighted by atomic mass is 16.6. The lowest BCUT2D eigenvalue weighted by Gasteiger charge is -2.23. The average molecular weight is 367 g/mol. The van der Waals surface area contributed by atoms with Crippen molar-refractivity contribution in [3.05, 3.63) is 53.0 Å². The third kappa shape index (κ3) is 3.72. The molecule has 3 aromatic rings. The second kappa shape index (κ2) is 7.28. The van der Waals surface area contributed by atoms with Gasteiger partial charge in [-0.15, -0.1) is 5.10 Å². The Kier molecular flexibility index (Phi) is 4.68. The molecule has 1 aliphatic rings. The SMILES string of the molecule is Cc1nonc1[C@H]1CCCN1Cc1cccc(C(=O)Nc2cn(C)nn2)c1. The quantitative estimate of drug-likeness (QED) is 0.737. The van der Waals surface area contributed by atoms with Gasteiger partial charge in [0, 0.05) is 19.2 Å². The van der Waals surface area contributed by atoms with Gasteiger partial charge in [-0.1, -0.05) is 27.7 Å². The second-order valence-electron chi connectivity index (χ2n) is 6.80.